The third kappa shape index (κ3) is 3.21. The summed E-state index contributed by atoms with van der Waals surface area (Å²) >= 11 is 11.0. The lowest BCUT2D eigenvalue weighted by atomic mass is 10.2. The van der Waals surface area contributed by atoms with E-state index < -0.39 is 4.92 Å². The SMILES string of the molecule is O=[N+]([O-])c1cc(C=Nn2c(-c3ccncc3)n[nH]c2=S)ccc1Cl. The summed E-state index contributed by atoms with van der Waals surface area (Å²) in [5.41, 5.74) is 1.09. The standard InChI is InChI=1S/C14H9ClN6O2S/c15-11-2-1-9(7-12(11)21(22)23)8-17-20-13(18-19-14(20)24)10-3-5-16-6-4-10/h1-8H,(H,19,24). The zero-order valence-electron chi connectivity index (χ0n) is 12.0. The van der Waals surface area contributed by atoms with Crippen molar-refractivity contribution in [1.29, 1.82) is 0 Å². The van der Waals surface area contributed by atoms with Crippen molar-refractivity contribution in [2.75, 3.05) is 0 Å². The molecule has 2 aromatic heterocycles. The molecule has 0 saturated carbocycles. The number of pyridine rings is 1. The highest BCUT2D eigenvalue weighted by molar-refractivity contribution is 7.71. The summed E-state index contributed by atoms with van der Waals surface area (Å²) < 4.78 is 1.71. The number of nitro benzene ring substituents is 1. The first-order valence-corrected chi connectivity index (χ1v) is 7.41. The second kappa shape index (κ2) is 6.69. The smallest absolute Gasteiger partial charge is 0.265 e. The van der Waals surface area contributed by atoms with Crippen LogP contribution < -0.4 is 0 Å². The van der Waals surface area contributed by atoms with Gasteiger partial charge in [0.15, 0.2) is 5.82 Å². The fraction of sp³-hybridized carbons (Fsp3) is 0. The van der Waals surface area contributed by atoms with Gasteiger partial charge in [0, 0.05) is 29.6 Å². The highest BCUT2D eigenvalue weighted by Gasteiger charge is 2.12. The van der Waals surface area contributed by atoms with E-state index in [1.807, 2.05) is 0 Å². The number of hydrogen-bond acceptors (Lipinski definition) is 6. The minimum absolute atomic E-state index is 0.0644. The molecule has 1 N–H and O–H groups in total. The number of rotatable bonds is 4. The number of aromatic nitrogens is 4. The van der Waals surface area contributed by atoms with E-state index in [1.165, 1.54) is 23.0 Å². The summed E-state index contributed by atoms with van der Waals surface area (Å²) in [7, 11) is 0. The van der Waals surface area contributed by atoms with Crippen LogP contribution in [0.15, 0.2) is 47.8 Å². The molecule has 0 fully saturated rings. The molecule has 0 atom stereocenters. The Hall–Kier alpha value is -2.91. The maximum absolute atomic E-state index is 10.9. The Morgan fingerprint density at radius 1 is 1.33 bits per heavy atom. The number of nitrogens with zero attached hydrogens (tertiary/aromatic N) is 5. The van der Waals surface area contributed by atoms with Gasteiger partial charge in [-0.1, -0.05) is 17.7 Å². The lowest BCUT2D eigenvalue weighted by Gasteiger charge is -2.00. The summed E-state index contributed by atoms with van der Waals surface area (Å²) in [6, 6.07) is 7.93. The molecule has 0 amide bonds. The molecule has 0 saturated heterocycles. The molecule has 24 heavy (non-hydrogen) atoms. The summed E-state index contributed by atoms with van der Waals surface area (Å²) in [5, 5.41) is 22.0. The normalized spacial score (nSPS) is 11.0. The molecule has 10 heteroatoms. The first kappa shape index (κ1) is 16.0. The molecule has 8 nitrogen and oxygen atoms in total. The molecule has 0 aliphatic carbocycles. The molecule has 3 aromatic rings. The van der Waals surface area contributed by atoms with Gasteiger partial charge in [-0.05, 0) is 30.4 Å². The van der Waals surface area contributed by atoms with Gasteiger partial charge in [0.1, 0.15) is 5.02 Å². The van der Waals surface area contributed by atoms with Crippen LogP contribution in [0.5, 0.6) is 0 Å². The van der Waals surface area contributed by atoms with Crippen molar-refractivity contribution in [3.63, 3.8) is 0 Å². The van der Waals surface area contributed by atoms with Crippen molar-refractivity contribution < 1.29 is 4.92 Å². The van der Waals surface area contributed by atoms with Crippen LogP contribution in [0, 0.1) is 14.9 Å². The van der Waals surface area contributed by atoms with Crippen LogP contribution in [0.2, 0.25) is 5.02 Å². The number of benzene rings is 1. The predicted octanol–water partition coefficient (Wildman–Crippen LogP) is 3.45. The van der Waals surface area contributed by atoms with Gasteiger partial charge in [-0.2, -0.15) is 14.9 Å². The number of aromatic amines is 1. The van der Waals surface area contributed by atoms with Crippen LogP contribution in [0.1, 0.15) is 5.56 Å². The number of hydrogen-bond donors (Lipinski definition) is 1. The third-order valence-electron chi connectivity index (χ3n) is 3.08. The largest absolute Gasteiger partial charge is 0.288 e. The van der Waals surface area contributed by atoms with E-state index in [9.17, 15) is 10.1 Å². The van der Waals surface area contributed by atoms with E-state index in [1.54, 1.807) is 30.6 Å². The highest BCUT2D eigenvalue weighted by Crippen LogP contribution is 2.24. The summed E-state index contributed by atoms with van der Waals surface area (Å²) in [5.74, 6) is 0.502. The number of H-pyrrole nitrogens is 1. The number of halogens is 1. The minimum Gasteiger partial charge on any atom is -0.265 e. The van der Waals surface area contributed by atoms with E-state index in [4.69, 9.17) is 23.8 Å². The average molecular weight is 361 g/mol. The molecular weight excluding hydrogens is 352 g/mol. The average Bonchev–Trinajstić information content (AvgIpc) is 2.95. The monoisotopic (exact) mass is 360 g/mol. The zero-order valence-corrected chi connectivity index (χ0v) is 13.5. The summed E-state index contributed by atoms with van der Waals surface area (Å²) in [6.07, 6.45) is 4.70. The van der Waals surface area contributed by atoms with Gasteiger partial charge >= 0.3 is 0 Å². The fourth-order valence-electron chi connectivity index (χ4n) is 1.96. The Labute approximate surface area is 145 Å². The third-order valence-corrected chi connectivity index (χ3v) is 3.66. The van der Waals surface area contributed by atoms with Crippen molar-refractivity contribution in [3.05, 3.63) is 68.2 Å². The first-order chi connectivity index (χ1) is 11.6. The van der Waals surface area contributed by atoms with Crippen molar-refractivity contribution in [3.8, 4) is 11.4 Å². The molecule has 2 heterocycles. The quantitative estimate of drug-likeness (QED) is 0.332. The molecule has 0 spiro atoms. The summed E-state index contributed by atoms with van der Waals surface area (Å²) in [6.45, 7) is 0. The minimum atomic E-state index is -0.550. The van der Waals surface area contributed by atoms with Gasteiger partial charge in [-0.3, -0.25) is 15.1 Å². The van der Waals surface area contributed by atoms with Crippen molar-refractivity contribution in [2.24, 2.45) is 5.10 Å². The Bertz CT molecular complexity index is 982. The van der Waals surface area contributed by atoms with Gasteiger partial charge in [0.05, 0.1) is 11.1 Å². The van der Waals surface area contributed by atoms with Crippen molar-refractivity contribution in [2.45, 2.75) is 0 Å². The lowest BCUT2D eigenvalue weighted by Crippen LogP contribution is -1.96. The maximum Gasteiger partial charge on any atom is 0.288 e. The van der Waals surface area contributed by atoms with E-state index in [0.29, 0.717) is 16.2 Å². The fourth-order valence-corrected chi connectivity index (χ4v) is 2.33. The number of nitrogens with one attached hydrogen (secondary N) is 1. The van der Waals surface area contributed by atoms with Crippen LogP contribution in [-0.4, -0.2) is 31.0 Å². The Balaban J connectivity index is 1.99. The molecule has 0 aliphatic rings. The molecule has 120 valence electrons. The van der Waals surface area contributed by atoms with Gasteiger partial charge in [-0.15, -0.1) is 0 Å². The molecule has 3 rings (SSSR count). The lowest BCUT2D eigenvalue weighted by molar-refractivity contribution is -0.384. The van der Waals surface area contributed by atoms with Crippen LogP contribution in [-0.2, 0) is 0 Å². The Morgan fingerprint density at radius 3 is 2.79 bits per heavy atom. The second-order valence-electron chi connectivity index (χ2n) is 4.61. The topological polar surface area (TPSA) is 102 Å². The van der Waals surface area contributed by atoms with Gasteiger partial charge < -0.3 is 0 Å². The van der Waals surface area contributed by atoms with Gasteiger partial charge in [0.2, 0.25) is 4.77 Å². The van der Waals surface area contributed by atoms with Gasteiger partial charge in [0.25, 0.3) is 5.69 Å². The van der Waals surface area contributed by atoms with Crippen LogP contribution in [0.3, 0.4) is 0 Å². The van der Waals surface area contributed by atoms with Crippen molar-refractivity contribution >= 4 is 35.7 Å². The maximum atomic E-state index is 10.9. The Kier molecular flexibility index (Phi) is 4.45. The molecule has 0 aliphatic heterocycles. The number of nitro groups is 1. The molecular formula is C14H9ClN6O2S. The second-order valence-corrected chi connectivity index (χ2v) is 5.41. The Morgan fingerprint density at radius 2 is 2.08 bits per heavy atom. The van der Waals surface area contributed by atoms with Crippen molar-refractivity contribution in [1.82, 2.24) is 19.9 Å². The molecule has 0 radical (unpaired) electrons. The molecule has 0 unspecified atom stereocenters. The highest BCUT2D eigenvalue weighted by atomic mass is 35.5. The molecule has 1 aromatic carbocycles. The zero-order chi connectivity index (χ0) is 17.1. The van der Waals surface area contributed by atoms with E-state index in [0.717, 1.165) is 5.56 Å². The first-order valence-electron chi connectivity index (χ1n) is 6.62. The van der Waals surface area contributed by atoms with E-state index in [2.05, 4.69) is 20.3 Å². The van der Waals surface area contributed by atoms with E-state index in [-0.39, 0.29) is 10.7 Å². The predicted molar refractivity (Wildman–Crippen MR) is 91.7 cm³/mol. The summed E-state index contributed by atoms with van der Waals surface area (Å²) in [4.78, 5) is 14.3. The van der Waals surface area contributed by atoms with Crippen LogP contribution in [0.4, 0.5) is 5.69 Å². The van der Waals surface area contributed by atoms with Crippen LogP contribution >= 0.6 is 23.8 Å². The van der Waals surface area contributed by atoms with Crippen LogP contribution in [0.25, 0.3) is 11.4 Å². The van der Waals surface area contributed by atoms with Gasteiger partial charge in [-0.25, -0.2) is 5.10 Å². The van der Waals surface area contributed by atoms with E-state index >= 15 is 0 Å². The molecule has 0 bridgehead atoms.